The predicted molar refractivity (Wildman–Crippen MR) is 72.1 cm³/mol. The van der Waals surface area contributed by atoms with Crippen LogP contribution in [0.2, 0.25) is 0 Å². The summed E-state index contributed by atoms with van der Waals surface area (Å²) in [6.45, 7) is 1.95. The van der Waals surface area contributed by atoms with Crippen molar-refractivity contribution < 1.29 is 9.18 Å². The number of carbonyl (C=O) groups is 1. The molecule has 1 unspecified atom stereocenters. The van der Waals surface area contributed by atoms with E-state index in [1.54, 1.807) is 16.8 Å². The van der Waals surface area contributed by atoms with Gasteiger partial charge in [0.05, 0.1) is 6.04 Å². The predicted octanol–water partition coefficient (Wildman–Crippen LogP) is 2.94. The standard InChI is InChI=1S/C15H16FN3O/c1-2-5-13(20)15-17-14-9-8-12(19(14)18-15)10-6-3-4-7-11(10)16/h3-4,6-7,12H,2,5,8-9H2,1H3. The van der Waals surface area contributed by atoms with Crippen LogP contribution in [0.4, 0.5) is 4.39 Å². The molecule has 0 radical (unpaired) electrons. The van der Waals surface area contributed by atoms with Crippen LogP contribution in [0.1, 0.15) is 54.2 Å². The second-order valence-corrected chi connectivity index (χ2v) is 5.05. The van der Waals surface area contributed by atoms with Gasteiger partial charge in [-0.25, -0.2) is 14.1 Å². The molecule has 3 rings (SSSR count). The molecule has 104 valence electrons. The normalized spacial score (nSPS) is 17.2. The van der Waals surface area contributed by atoms with E-state index in [1.165, 1.54) is 6.07 Å². The van der Waals surface area contributed by atoms with Crippen LogP contribution in [0.25, 0.3) is 0 Å². The Bertz CT molecular complexity index is 650. The summed E-state index contributed by atoms with van der Waals surface area (Å²) >= 11 is 0. The smallest absolute Gasteiger partial charge is 0.217 e. The van der Waals surface area contributed by atoms with Crippen molar-refractivity contribution in [2.45, 2.75) is 38.6 Å². The average Bonchev–Trinajstić information content (AvgIpc) is 3.00. The summed E-state index contributed by atoms with van der Waals surface area (Å²) in [5, 5.41) is 4.30. The monoisotopic (exact) mass is 273 g/mol. The summed E-state index contributed by atoms with van der Waals surface area (Å²) in [4.78, 5) is 16.1. The zero-order valence-electron chi connectivity index (χ0n) is 11.3. The maximum atomic E-state index is 13.9. The number of aryl methyl sites for hydroxylation is 1. The summed E-state index contributed by atoms with van der Waals surface area (Å²) in [6, 6.07) is 6.56. The number of benzene rings is 1. The molecule has 0 aliphatic carbocycles. The third-order valence-electron chi connectivity index (χ3n) is 3.63. The van der Waals surface area contributed by atoms with Crippen molar-refractivity contribution in [3.8, 4) is 0 Å². The van der Waals surface area contributed by atoms with E-state index in [0.29, 0.717) is 12.0 Å². The number of ketones is 1. The van der Waals surface area contributed by atoms with Gasteiger partial charge >= 0.3 is 0 Å². The van der Waals surface area contributed by atoms with Crippen LogP contribution in [0.15, 0.2) is 24.3 Å². The summed E-state index contributed by atoms with van der Waals surface area (Å²) in [6.07, 6.45) is 2.73. The molecule has 1 aromatic carbocycles. The van der Waals surface area contributed by atoms with Gasteiger partial charge in [-0.1, -0.05) is 25.1 Å². The van der Waals surface area contributed by atoms with Gasteiger partial charge in [0.25, 0.3) is 0 Å². The molecule has 0 saturated carbocycles. The fourth-order valence-corrected chi connectivity index (χ4v) is 2.65. The molecule has 1 atom stereocenters. The van der Waals surface area contributed by atoms with Gasteiger partial charge in [-0.2, -0.15) is 0 Å². The Kier molecular flexibility index (Phi) is 3.34. The van der Waals surface area contributed by atoms with E-state index in [9.17, 15) is 9.18 Å². The second kappa shape index (κ2) is 5.15. The van der Waals surface area contributed by atoms with Crippen LogP contribution in [0.5, 0.6) is 0 Å². The molecule has 0 spiro atoms. The Morgan fingerprint density at radius 1 is 1.45 bits per heavy atom. The molecule has 0 fully saturated rings. The van der Waals surface area contributed by atoms with Crippen molar-refractivity contribution in [2.75, 3.05) is 0 Å². The minimum absolute atomic E-state index is 0.0401. The van der Waals surface area contributed by atoms with Gasteiger partial charge in [-0.3, -0.25) is 4.79 Å². The highest BCUT2D eigenvalue weighted by atomic mass is 19.1. The summed E-state index contributed by atoms with van der Waals surface area (Å²) in [5.74, 6) is 0.768. The number of hydrogen-bond donors (Lipinski definition) is 0. The van der Waals surface area contributed by atoms with E-state index >= 15 is 0 Å². The van der Waals surface area contributed by atoms with Gasteiger partial charge < -0.3 is 0 Å². The van der Waals surface area contributed by atoms with Crippen molar-refractivity contribution >= 4 is 5.78 Å². The van der Waals surface area contributed by atoms with Gasteiger partial charge in [0, 0.05) is 18.4 Å². The van der Waals surface area contributed by atoms with Gasteiger partial charge in [-0.15, -0.1) is 5.10 Å². The minimum atomic E-state index is -0.234. The van der Waals surface area contributed by atoms with Crippen LogP contribution in [0.3, 0.4) is 0 Å². The SMILES string of the molecule is CCCC(=O)c1nc2n(n1)C(c1ccccc1F)CC2. The number of carbonyl (C=O) groups excluding carboxylic acids is 1. The first-order valence-electron chi connectivity index (χ1n) is 6.93. The lowest BCUT2D eigenvalue weighted by atomic mass is 10.0. The number of Topliss-reactive ketones (excluding diaryl/α,β-unsaturated/α-hetero) is 1. The summed E-state index contributed by atoms with van der Waals surface area (Å²) in [5.41, 5.74) is 0.616. The number of fused-ring (bicyclic) bond motifs is 1. The van der Waals surface area contributed by atoms with E-state index in [-0.39, 0.29) is 23.5 Å². The van der Waals surface area contributed by atoms with Crippen molar-refractivity contribution in [3.63, 3.8) is 0 Å². The average molecular weight is 273 g/mol. The topological polar surface area (TPSA) is 47.8 Å². The van der Waals surface area contributed by atoms with E-state index in [1.807, 2.05) is 13.0 Å². The highest BCUT2D eigenvalue weighted by Crippen LogP contribution is 2.31. The first kappa shape index (κ1) is 13.0. The Labute approximate surface area is 116 Å². The molecule has 20 heavy (non-hydrogen) atoms. The molecule has 1 aliphatic rings. The van der Waals surface area contributed by atoms with Crippen molar-refractivity contribution in [3.05, 3.63) is 47.3 Å². The molecule has 1 aliphatic heterocycles. The molecule has 1 aromatic heterocycles. The van der Waals surface area contributed by atoms with Crippen molar-refractivity contribution in [1.29, 1.82) is 0 Å². The number of rotatable bonds is 4. The Hall–Kier alpha value is -2.04. The zero-order valence-corrected chi connectivity index (χ0v) is 11.3. The lowest BCUT2D eigenvalue weighted by Crippen LogP contribution is -2.11. The summed E-state index contributed by atoms with van der Waals surface area (Å²) < 4.78 is 15.6. The van der Waals surface area contributed by atoms with Gasteiger partial charge in [0.15, 0.2) is 0 Å². The molecule has 5 heteroatoms. The first-order chi connectivity index (χ1) is 9.70. The minimum Gasteiger partial charge on any atom is -0.291 e. The van der Waals surface area contributed by atoms with Crippen LogP contribution in [-0.2, 0) is 6.42 Å². The lowest BCUT2D eigenvalue weighted by Gasteiger charge is -2.12. The van der Waals surface area contributed by atoms with Crippen LogP contribution < -0.4 is 0 Å². The van der Waals surface area contributed by atoms with Crippen molar-refractivity contribution in [2.24, 2.45) is 0 Å². The third-order valence-corrected chi connectivity index (χ3v) is 3.63. The largest absolute Gasteiger partial charge is 0.291 e. The lowest BCUT2D eigenvalue weighted by molar-refractivity contribution is 0.0971. The molecule has 0 N–H and O–H groups in total. The van der Waals surface area contributed by atoms with Crippen molar-refractivity contribution in [1.82, 2.24) is 14.8 Å². The molecule has 4 nitrogen and oxygen atoms in total. The van der Waals surface area contributed by atoms with Gasteiger partial charge in [0.2, 0.25) is 11.6 Å². The van der Waals surface area contributed by atoms with E-state index in [2.05, 4.69) is 10.1 Å². The number of halogens is 1. The maximum absolute atomic E-state index is 13.9. The van der Waals surface area contributed by atoms with E-state index < -0.39 is 0 Å². The van der Waals surface area contributed by atoms with Gasteiger partial charge in [0.1, 0.15) is 11.6 Å². The highest BCUT2D eigenvalue weighted by Gasteiger charge is 2.29. The maximum Gasteiger partial charge on any atom is 0.217 e. The van der Waals surface area contributed by atoms with Crippen LogP contribution in [-0.4, -0.2) is 20.5 Å². The third kappa shape index (κ3) is 2.13. The molecular formula is C15H16FN3O. The summed E-state index contributed by atoms with van der Waals surface area (Å²) in [7, 11) is 0. The molecular weight excluding hydrogens is 257 g/mol. The Morgan fingerprint density at radius 2 is 2.25 bits per heavy atom. The second-order valence-electron chi connectivity index (χ2n) is 5.05. The molecule has 0 saturated heterocycles. The van der Waals surface area contributed by atoms with E-state index in [0.717, 1.165) is 25.1 Å². The van der Waals surface area contributed by atoms with Gasteiger partial charge in [-0.05, 0) is 18.9 Å². The van der Waals surface area contributed by atoms with E-state index in [4.69, 9.17) is 0 Å². The Morgan fingerprint density at radius 3 is 3.00 bits per heavy atom. The highest BCUT2D eigenvalue weighted by molar-refractivity contribution is 5.92. The number of aromatic nitrogens is 3. The molecule has 0 amide bonds. The zero-order chi connectivity index (χ0) is 14.1. The molecule has 2 heterocycles. The molecule has 0 bridgehead atoms. The fourth-order valence-electron chi connectivity index (χ4n) is 2.65. The first-order valence-corrected chi connectivity index (χ1v) is 6.93. The molecule has 2 aromatic rings. The Balaban J connectivity index is 1.94. The quantitative estimate of drug-likeness (QED) is 0.805. The number of hydrogen-bond acceptors (Lipinski definition) is 3. The number of nitrogens with zero attached hydrogens (tertiary/aromatic N) is 3. The van der Waals surface area contributed by atoms with Crippen LogP contribution in [0, 0.1) is 5.82 Å². The fraction of sp³-hybridized carbons (Fsp3) is 0.400. The van der Waals surface area contributed by atoms with Crippen LogP contribution >= 0.6 is 0 Å².